The molecule has 7 heteroatoms. The number of ether oxygens (including phenoxy) is 1. The van der Waals surface area contributed by atoms with E-state index < -0.39 is 0 Å². The van der Waals surface area contributed by atoms with Crippen LogP contribution in [0.4, 0.5) is 10.5 Å². The van der Waals surface area contributed by atoms with Gasteiger partial charge < -0.3 is 19.9 Å². The van der Waals surface area contributed by atoms with Crippen molar-refractivity contribution < 1.29 is 19.1 Å². The summed E-state index contributed by atoms with van der Waals surface area (Å²) in [5.41, 5.74) is 2.55. The van der Waals surface area contributed by atoms with E-state index in [1.807, 2.05) is 12.1 Å². The molecule has 26 heavy (non-hydrogen) atoms. The van der Waals surface area contributed by atoms with Gasteiger partial charge in [0, 0.05) is 43.9 Å². The van der Waals surface area contributed by atoms with Crippen LogP contribution in [0.2, 0.25) is 0 Å². The van der Waals surface area contributed by atoms with Crippen LogP contribution in [0.15, 0.2) is 18.2 Å². The third-order valence-electron chi connectivity index (χ3n) is 4.97. The number of hydrogen-bond donors (Lipinski definition) is 1. The number of nitrogens with zero attached hydrogens (tertiary/aromatic N) is 2. The molecule has 1 N–H and O–H groups in total. The molecular formula is C19H25N3O4. The Bertz CT molecular complexity index is 711. The van der Waals surface area contributed by atoms with Crippen LogP contribution in [0.3, 0.4) is 0 Å². The van der Waals surface area contributed by atoms with Gasteiger partial charge in [-0.3, -0.25) is 9.59 Å². The van der Waals surface area contributed by atoms with Crippen molar-refractivity contribution in [3.63, 3.8) is 0 Å². The first-order valence-corrected chi connectivity index (χ1v) is 9.13. The lowest BCUT2D eigenvalue weighted by Gasteiger charge is -2.31. The monoisotopic (exact) mass is 359 g/mol. The number of amides is 3. The zero-order valence-electron chi connectivity index (χ0n) is 15.3. The molecule has 3 amide bonds. The van der Waals surface area contributed by atoms with Crippen molar-refractivity contribution in [2.45, 2.75) is 39.2 Å². The molecule has 2 heterocycles. The highest BCUT2D eigenvalue weighted by molar-refractivity contribution is 5.98. The summed E-state index contributed by atoms with van der Waals surface area (Å²) in [5.74, 6) is -0.0852. The van der Waals surface area contributed by atoms with E-state index in [-0.39, 0.29) is 23.9 Å². The SMILES string of the molecule is CCOC(=O)N1CCC(NC(=O)c2ccc3c(c2)CCN3C(C)=O)CC1. The number of carbonyl (C=O) groups excluding carboxylic acids is 3. The highest BCUT2D eigenvalue weighted by atomic mass is 16.6. The smallest absolute Gasteiger partial charge is 0.409 e. The molecule has 1 aromatic carbocycles. The fourth-order valence-corrected chi connectivity index (χ4v) is 3.56. The number of carbonyl (C=O) groups is 3. The maximum Gasteiger partial charge on any atom is 0.409 e. The molecule has 0 radical (unpaired) electrons. The standard InChI is InChI=1S/C19H25N3O4/c1-3-26-19(25)21-9-7-16(8-10-21)20-18(24)15-4-5-17-14(12-15)6-11-22(17)13(2)23/h4-5,12,16H,3,6-11H2,1-2H3,(H,20,24). The highest BCUT2D eigenvalue weighted by Gasteiger charge is 2.26. The van der Waals surface area contributed by atoms with Gasteiger partial charge in [-0.25, -0.2) is 4.79 Å². The quantitative estimate of drug-likeness (QED) is 0.895. The van der Waals surface area contributed by atoms with Crippen LogP contribution in [0.1, 0.15) is 42.6 Å². The van der Waals surface area contributed by atoms with Gasteiger partial charge in [0.05, 0.1) is 6.61 Å². The molecule has 1 saturated heterocycles. The van der Waals surface area contributed by atoms with E-state index >= 15 is 0 Å². The summed E-state index contributed by atoms with van der Waals surface area (Å²) in [5, 5.41) is 3.05. The number of anilines is 1. The molecule has 1 fully saturated rings. The largest absolute Gasteiger partial charge is 0.450 e. The molecule has 0 unspecified atom stereocenters. The molecule has 140 valence electrons. The highest BCUT2D eigenvalue weighted by Crippen LogP contribution is 2.29. The van der Waals surface area contributed by atoms with Crippen molar-refractivity contribution in [1.29, 1.82) is 0 Å². The average Bonchev–Trinajstić information content (AvgIpc) is 3.06. The Hall–Kier alpha value is -2.57. The van der Waals surface area contributed by atoms with Crippen LogP contribution >= 0.6 is 0 Å². The normalized spacial score (nSPS) is 17.0. The Morgan fingerprint density at radius 2 is 1.92 bits per heavy atom. The summed E-state index contributed by atoms with van der Waals surface area (Å²) in [6.07, 6.45) is 1.92. The van der Waals surface area contributed by atoms with E-state index in [1.54, 1.807) is 29.7 Å². The molecule has 1 aromatic rings. The van der Waals surface area contributed by atoms with Crippen LogP contribution in [0, 0.1) is 0 Å². The Morgan fingerprint density at radius 3 is 2.58 bits per heavy atom. The molecule has 0 aliphatic carbocycles. The molecule has 2 aliphatic heterocycles. The number of likely N-dealkylation sites (tertiary alicyclic amines) is 1. The summed E-state index contributed by atoms with van der Waals surface area (Å²) in [6.45, 7) is 5.55. The lowest BCUT2D eigenvalue weighted by molar-refractivity contribution is -0.116. The van der Waals surface area contributed by atoms with E-state index in [0.29, 0.717) is 44.6 Å². The molecule has 0 bridgehead atoms. The molecule has 0 aromatic heterocycles. The van der Waals surface area contributed by atoms with Crippen LogP contribution in [-0.4, -0.2) is 55.1 Å². The van der Waals surface area contributed by atoms with Crippen molar-refractivity contribution in [2.24, 2.45) is 0 Å². The Labute approximate surface area is 153 Å². The first-order valence-electron chi connectivity index (χ1n) is 9.13. The topological polar surface area (TPSA) is 79.0 Å². The maximum absolute atomic E-state index is 12.5. The summed E-state index contributed by atoms with van der Waals surface area (Å²) < 4.78 is 5.01. The lowest BCUT2D eigenvalue weighted by Crippen LogP contribution is -2.46. The fourth-order valence-electron chi connectivity index (χ4n) is 3.56. The zero-order valence-corrected chi connectivity index (χ0v) is 15.3. The van der Waals surface area contributed by atoms with Gasteiger partial charge in [0.2, 0.25) is 5.91 Å². The van der Waals surface area contributed by atoms with Crippen molar-refractivity contribution in [3.05, 3.63) is 29.3 Å². The van der Waals surface area contributed by atoms with Crippen LogP contribution in [0.25, 0.3) is 0 Å². The Kier molecular flexibility index (Phi) is 5.44. The van der Waals surface area contributed by atoms with Gasteiger partial charge in [-0.2, -0.15) is 0 Å². The van der Waals surface area contributed by atoms with Crippen molar-refractivity contribution in [2.75, 3.05) is 31.1 Å². The Morgan fingerprint density at radius 1 is 1.19 bits per heavy atom. The number of nitrogens with one attached hydrogen (secondary N) is 1. The van der Waals surface area contributed by atoms with Crippen molar-refractivity contribution in [3.8, 4) is 0 Å². The average molecular weight is 359 g/mol. The van der Waals surface area contributed by atoms with E-state index in [0.717, 1.165) is 17.7 Å². The second-order valence-electron chi connectivity index (χ2n) is 6.70. The first kappa shape index (κ1) is 18.2. The lowest BCUT2D eigenvalue weighted by atomic mass is 10.0. The molecule has 7 nitrogen and oxygen atoms in total. The third-order valence-corrected chi connectivity index (χ3v) is 4.97. The second-order valence-corrected chi connectivity index (χ2v) is 6.70. The van der Waals surface area contributed by atoms with E-state index in [2.05, 4.69) is 5.32 Å². The number of hydrogen-bond acceptors (Lipinski definition) is 4. The number of rotatable bonds is 3. The zero-order chi connectivity index (χ0) is 18.7. The molecule has 0 saturated carbocycles. The summed E-state index contributed by atoms with van der Waals surface area (Å²) in [4.78, 5) is 39.3. The first-order chi connectivity index (χ1) is 12.5. The van der Waals surface area contributed by atoms with Gasteiger partial charge in [0.15, 0.2) is 0 Å². The summed E-state index contributed by atoms with van der Waals surface area (Å²) >= 11 is 0. The van der Waals surface area contributed by atoms with Gasteiger partial charge in [-0.15, -0.1) is 0 Å². The van der Waals surface area contributed by atoms with Crippen molar-refractivity contribution in [1.82, 2.24) is 10.2 Å². The van der Waals surface area contributed by atoms with E-state index in [1.165, 1.54) is 0 Å². The van der Waals surface area contributed by atoms with Crippen LogP contribution in [0.5, 0.6) is 0 Å². The van der Waals surface area contributed by atoms with Crippen molar-refractivity contribution >= 4 is 23.6 Å². The van der Waals surface area contributed by atoms with Gasteiger partial charge in [0.25, 0.3) is 5.91 Å². The minimum Gasteiger partial charge on any atom is -0.450 e. The second kappa shape index (κ2) is 7.76. The van der Waals surface area contributed by atoms with Gasteiger partial charge in [0.1, 0.15) is 0 Å². The predicted molar refractivity (Wildman–Crippen MR) is 97.3 cm³/mol. The number of fused-ring (bicyclic) bond motifs is 1. The molecule has 3 rings (SSSR count). The Balaban J connectivity index is 1.57. The minimum atomic E-state index is -0.286. The van der Waals surface area contributed by atoms with E-state index in [9.17, 15) is 14.4 Å². The molecule has 2 aliphatic rings. The molecule has 0 atom stereocenters. The summed E-state index contributed by atoms with van der Waals surface area (Å²) in [6, 6.07) is 5.54. The van der Waals surface area contributed by atoms with Crippen LogP contribution < -0.4 is 10.2 Å². The fraction of sp³-hybridized carbons (Fsp3) is 0.526. The predicted octanol–water partition coefficient (Wildman–Crippen LogP) is 1.95. The molecular weight excluding hydrogens is 334 g/mol. The van der Waals surface area contributed by atoms with E-state index in [4.69, 9.17) is 4.74 Å². The maximum atomic E-state index is 12.5. The van der Waals surface area contributed by atoms with Gasteiger partial charge in [-0.1, -0.05) is 0 Å². The number of piperidine rings is 1. The van der Waals surface area contributed by atoms with Gasteiger partial charge in [-0.05, 0) is 49.9 Å². The van der Waals surface area contributed by atoms with Crippen LogP contribution in [-0.2, 0) is 16.0 Å². The minimum absolute atomic E-state index is 0.0225. The molecule has 0 spiro atoms. The third kappa shape index (κ3) is 3.81. The number of benzene rings is 1. The summed E-state index contributed by atoms with van der Waals surface area (Å²) in [7, 11) is 0. The van der Waals surface area contributed by atoms with Gasteiger partial charge >= 0.3 is 6.09 Å².